The Balaban J connectivity index is 2.09. The maximum absolute atomic E-state index is 12.2. The zero-order chi connectivity index (χ0) is 17.5. The number of piperidine rings is 1. The second-order valence-corrected chi connectivity index (χ2v) is 6.50. The lowest BCUT2D eigenvalue weighted by Crippen LogP contribution is -2.36. The lowest BCUT2D eigenvalue weighted by Gasteiger charge is -2.26. The molecule has 0 N–H and O–H groups in total. The van der Waals surface area contributed by atoms with E-state index in [1.165, 1.54) is 24.2 Å². The van der Waals surface area contributed by atoms with Crippen LogP contribution in [0.25, 0.3) is 0 Å². The molecule has 24 heavy (non-hydrogen) atoms. The van der Waals surface area contributed by atoms with Gasteiger partial charge in [0, 0.05) is 13.1 Å². The van der Waals surface area contributed by atoms with Gasteiger partial charge in [-0.05, 0) is 39.2 Å². The molecule has 1 saturated heterocycles. The first kappa shape index (κ1) is 18.3. The Morgan fingerprint density at radius 2 is 2.08 bits per heavy atom. The molecule has 1 aromatic heterocycles. The van der Waals surface area contributed by atoms with Crippen molar-refractivity contribution in [3.05, 3.63) is 22.9 Å². The van der Waals surface area contributed by atoms with Crippen molar-refractivity contribution < 1.29 is 14.3 Å². The summed E-state index contributed by atoms with van der Waals surface area (Å²) < 4.78 is 4.97. The predicted octanol–water partition coefficient (Wildman–Crippen LogP) is 2.54. The van der Waals surface area contributed by atoms with E-state index in [4.69, 9.17) is 4.74 Å². The van der Waals surface area contributed by atoms with Crippen LogP contribution in [0, 0.1) is 18.3 Å². The van der Waals surface area contributed by atoms with Crippen LogP contribution in [0.4, 0.5) is 0 Å². The maximum atomic E-state index is 12.2. The molecule has 0 aliphatic carbocycles. The van der Waals surface area contributed by atoms with Crippen LogP contribution in [0.3, 0.4) is 0 Å². The fraction of sp³-hybridized carbons (Fsp3) is 0.529. The van der Waals surface area contributed by atoms with E-state index in [0.717, 1.165) is 25.9 Å². The molecule has 1 aliphatic rings. The molecule has 0 bridgehead atoms. The minimum Gasteiger partial charge on any atom is -0.462 e. The van der Waals surface area contributed by atoms with Gasteiger partial charge in [0.25, 0.3) is 0 Å². The molecule has 128 valence electrons. The topological polar surface area (TPSA) is 83.3 Å². The smallest absolute Gasteiger partial charge is 0.340 e. The fourth-order valence-electron chi connectivity index (χ4n) is 2.55. The van der Waals surface area contributed by atoms with E-state index in [0.29, 0.717) is 21.8 Å². The molecule has 0 aromatic carbocycles. The van der Waals surface area contributed by atoms with E-state index in [2.05, 4.69) is 4.98 Å². The van der Waals surface area contributed by atoms with Crippen LogP contribution in [-0.2, 0) is 9.53 Å². The highest BCUT2D eigenvalue weighted by atomic mass is 32.2. The minimum atomic E-state index is -0.486. The van der Waals surface area contributed by atoms with Gasteiger partial charge < -0.3 is 9.64 Å². The summed E-state index contributed by atoms with van der Waals surface area (Å²) in [6.45, 7) is 5.30. The third kappa shape index (κ3) is 4.48. The van der Waals surface area contributed by atoms with Crippen LogP contribution in [0.1, 0.15) is 47.8 Å². The fourth-order valence-corrected chi connectivity index (χ4v) is 3.46. The largest absolute Gasteiger partial charge is 0.462 e. The average molecular weight is 347 g/mol. The number of nitriles is 1. The van der Waals surface area contributed by atoms with Gasteiger partial charge in [-0.15, -0.1) is 0 Å². The summed E-state index contributed by atoms with van der Waals surface area (Å²) in [4.78, 5) is 30.3. The number of ether oxygens (including phenoxy) is 1. The van der Waals surface area contributed by atoms with Crippen molar-refractivity contribution in [1.29, 1.82) is 5.26 Å². The van der Waals surface area contributed by atoms with E-state index in [1.54, 1.807) is 13.8 Å². The van der Waals surface area contributed by atoms with Gasteiger partial charge in [0.15, 0.2) is 0 Å². The molecule has 6 nitrogen and oxygen atoms in total. The lowest BCUT2D eigenvalue weighted by molar-refractivity contribution is -0.129. The first-order valence-electron chi connectivity index (χ1n) is 8.06. The van der Waals surface area contributed by atoms with Crippen molar-refractivity contribution >= 4 is 23.6 Å². The molecular formula is C17H21N3O3S. The molecule has 0 spiro atoms. The summed E-state index contributed by atoms with van der Waals surface area (Å²) in [5.74, 6) is -0.169. The van der Waals surface area contributed by atoms with E-state index >= 15 is 0 Å². The van der Waals surface area contributed by atoms with Crippen LogP contribution in [0.15, 0.2) is 11.1 Å². The number of hydrogen-bond acceptors (Lipinski definition) is 6. The minimum absolute atomic E-state index is 0.0671. The standard InChI is InChI=1S/C17H21N3O3S/c1-3-23-17(22)14-9-13(10-18)16(19-12(14)2)24-11-15(21)20-7-5-4-6-8-20/h9H,3-8,11H2,1-2H3. The zero-order valence-electron chi connectivity index (χ0n) is 14.0. The number of thioether (sulfide) groups is 1. The number of aromatic nitrogens is 1. The first-order valence-corrected chi connectivity index (χ1v) is 9.04. The maximum Gasteiger partial charge on any atom is 0.340 e. The van der Waals surface area contributed by atoms with Gasteiger partial charge >= 0.3 is 5.97 Å². The number of carbonyl (C=O) groups is 2. The summed E-state index contributed by atoms with van der Waals surface area (Å²) >= 11 is 1.24. The van der Waals surface area contributed by atoms with Crippen molar-refractivity contribution in [1.82, 2.24) is 9.88 Å². The number of amides is 1. The molecule has 1 aromatic rings. The number of likely N-dealkylation sites (tertiary alicyclic amines) is 1. The molecule has 1 aliphatic heterocycles. The van der Waals surface area contributed by atoms with Gasteiger partial charge in [-0.3, -0.25) is 4.79 Å². The van der Waals surface area contributed by atoms with Crippen molar-refractivity contribution in [3.8, 4) is 6.07 Å². The molecule has 2 heterocycles. The molecular weight excluding hydrogens is 326 g/mol. The van der Waals surface area contributed by atoms with Crippen molar-refractivity contribution in [2.75, 3.05) is 25.4 Å². The van der Waals surface area contributed by atoms with E-state index in [9.17, 15) is 14.9 Å². The Kier molecular flexibility index (Phi) is 6.62. The van der Waals surface area contributed by atoms with Gasteiger partial charge in [0.05, 0.1) is 29.2 Å². The highest BCUT2D eigenvalue weighted by Gasteiger charge is 2.20. The molecule has 1 amide bonds. The number of rotatable bonds is 5. The van der Waals surface area contributed by atoms with Gasteiger partial charge in [0.2, 0.25) is 5.91 Å². The summed E-state index contributed by atoms with van der Waals surface area (Å²) in [6.07, 6.45) is 3.27. The second kappa shape index (κ2) is 8.69. The van der Waals surface area contributed by atoms with E-state index in [-0.39, 0.29) is 18.3 Å². The monoisotopic (exact) mass is 347 g/mol. The number of aryl methyl sites for hydroxylation is 1. The predicted molar refractivity (Wildman–Crippen MR) is 90.8 cm³/mol. The summed E-state index contributed by atoms with van der Waals surface area (Å²) in [7, 11) is 0. The summed E-state index contributed by atoms with van der Waals surface area (Å²) in [6, 6.07) is 3.54. The molecule has 2 rings (SSSR count). The van der Waals surface area contributed by atoms with Crippen molar-refractivity contribution in [2.24, 2.45) is 0 Å². The van der Waals surface area contributed by atoms with Crippen LogP contribution < -0.4 is 0 Å². The Bertz CT molecular complexity index is 664. The van der Waals surface area contributed by atoms with Crippen LogP contribution >= 0.6 is 11.8 Å². The van der Waals surface area contributed by atoms with Crippen molar-refractivity contribution in [3.63, 3.8) is 0 Å². The number of hydrogen-bond donors (Lipinski definition) is 0. The number of nitrogens with zero attached hydrogens (tertiary/aromatic N) is 3. The Labute approximate surface area is 146 Å². The van der Waals surface area contributed by atoms with Gasteiger partial charge in [-0.25, -0.2) is 9.78 Å². The zero-order valence-corrected chi connectivity index (χ0v) is 14.8. The van der Waals surface area contributed by atoms with Gasteiger partial charge in [0.1, 0.15) is 11.1 Å². The third-order valence-corrected chi connectivity index (χ3v) is 4.81. The van der Waals surface area contributed by atoms with Crippen LogP contribution in [-0.4, -0.2) is 47.2 Å². The van der Waals surface area contributed by atoms with Gasteiger partial charge in [-0.2, -0.15) is 5.26 Å². The Morgan fingerprint density at radius 1 is 1.38 bits per heavy atom. The van der Waals surface area contributed by atoms with Crippen LogP contribution in [0.2, 0.25) is 0 Å². The van der Waals surface area contributed by atoms with Crippen LogP contribution in [0.5, 0.6) is 0 Å². The first-order chi connectivity index (χ1) is 11.6. The van der Waals surface area contributed by atoms with Gasteiger partial charge in [-0.1, -0.05) is 11.8 Å². The molecule has 0 radical (unpaired) electrons. The third-order valence-electron chi connectivity index (χ3n) is 3.84. The Morgan fingerprint density at radius 3 is 2.71 bits per heavy atom. The SMILES string of the molecule is CCOC(=O)c1cc(C#N)c(SCC(=O)N2CCCCC2)nc1C. The summed E-state index contributed by atoms with van der Waals surface area (Å²) in [5, 5.41) is 9.79. The number of esters is 1. The lowest BCUT2D eigenvalue weighted by atomic mass is 10.1. The highest BCUT2D eigenvalue weighted by molar-refractivity contribution is 7.99. The highest BCUT2D eigenvalue weighted by Crippen LogP contribution is 2.24. The van der Waals surface area contributed by atoms with E-state index < -0.39 is 5.97 Å². The number of carbonyl (C=O) groups excluding carboxylic acids is 2. The quantitative estimate of drug-likeness (QED) is 0.601. The molecule has 1 fully saturated rings. The average Bonchev–Trinajstić information content (AvgIpc) is 2.60. The normalized spacial score (nSPS) is 14.1. The summed E-state index contributed by atoms with van der Waals surface area (Å²) in [5.41, 5.74) is 1.08. The van der Waals surface area contributed by atoms with E-state index in [1.807, 2.05) is 11.0 Å². The molecule has 0 saturated carbocycles. The Hall–Kier alpha value is -2.07. The second-order valence-electron chi connectivity index (χ2n) is 5.54. The van der Waals surface area contributed by atoms with Crippen molar-refractivity contribution in [2.45, 2.75) is 38.1 Å². The number of pyridine rings is 1. The molecule has 0 unspecified atom stereocenters. The molecule has 0 atom stereocenters. The molecule has 7 heteroatoms.